The smallest absolute Gasteiger partial charge is 0.263 e. The number of benzene rings is 1. The average Bonchev–Trinajstić information content (AvgIpc) is 2.49. The van der Waals surface area contributed by atoms with E-state index in [0.29, 0.717) is 11.5 Å². The van der Waals surface area contributed by atoms with Gasteiger partial charge in [0.05, 0.1) is 16.9 Å². The average molecular weight is 340 g/mol. The van der Waals surface area contributed by atoms with Gasteiger partial charge in [-0.2, -0.15) is 0 Å². The number of hydrogen-bond acceptors (Lipinski definition) is 4. The van der Waals surface area contributed by atoms with Gasteiger partial charge in [0.15, 0.2) is 0 Å². The first-order valence-electron chi connectivity index (χ1n) is 7.00. The number of nitrogens with one attached hydrogen (secondary N) is 2. The number of anilines is 2. The molecular weight excluding hydrogens is 322 g/mol. The number of unbranched alkanes of at least 4 members (excludes halogenated alkanes) is 1. The number of rotatable bonds is 7. The Hall–Kier alpha value is -1.79. The van der Waals surface area contributed by atoms with Crippen molar-refractivity contribution in [3.05, 3.63) is 47.6 Å². The summed E-state index contributed by atoms with van der Waals surface area (Å²) in [5.41, 5.74) is 0.390. The van der Waals surface area contributed by atoms with Gasteiger partial charge in [0.1, 0.15) is 10.7 Å². The standard InChI is InChI=1S/C15H18ClN3O2S/c1-2-3-10-17-15-9-8-12(11-18-15)19-22(20,21)14-7-5-4-6-13(14)16/h4-9,11,19H,2-3,10H2,1H3,(H,17,18). The third-order valence-corrected chi connectivity index (χ3v) is 4.86. The molecule has 0 aliphatic rings. The van der Waals surface area contributed by atoms with Gasteiger partial charge in [-0.25, -0.2) is 13.4 Å². The van der Waals surface area contributed by atoms with Crippen LogP contribution in [0, 0.1) is 0 Å². The van der Waals surface area contributed by atoms with E-state index in [1.165, 1.54) is 18.3 Å². The lowest BCUT2D eigenvalue weighted by Crippen LogP contribution is -2.13. The van der Waals surface area contributed by atoms with E-state index < -0.39 is 10.0 Å². The summed E-state index contributed by atoms with van der Waals surface area (Å²) in [7, 11) is -3.72. The molecule has 2 rings (SSSR count). The highest BCUT2D eigenvalue weighted by molar-refractivity contribution is 7.92. The molecule has 1 aromatic carbocycles. The predicted molar refractivity (Wildman–Crippen MR) is 89.9 cm³/mol. The topological polar surface area (TPSA) is 71.1 Å². The molecule has 0 spiro atoms. The Kier molecular flexibility index (Phi) is 5.63. The fraction of sp³-hybridized carbons (Fsp3) is 0.267. The third kappa shape index (κ3) is 4.35. The van der Waals surface area contributed by atoms with Crippen molar-refractivity contribution in [3.8, 4) is 0 Å². The molecule has 0 fully saturated rings. The molecule has 0 radical (unpaired) electrons. The summed E-state index contributed by atoms with van der Waals surface area (Å²) >= 11 is 5.93. The maximum atomic E-state index is 12.3. The van der Waals surface area contributed by atoms with Gasteiger partial charge in [-0.3, -0.25) is 4.72 Å². The highest BCUT2D eigenvalue weighted by Crippen LogP contribution is 2.23. The maximum absolute atomic E-state index is 12.3. The zero-order valence-corrected chi connectivity index (χ0v) is 13.8. The molecule has 118 valence electrons. The lowest BCUT2D eigenvalue weighted by Gasteiger charge is -2.10. The molecule has 1 aromatic heterocycles. The van der Waals surface area contributed by atoms with Crippen molar-refractivity contribution in [2.75, 3.05) is 16.6 Å². The van der Waals surface area contributed by atoms with Crippen molar-refractivity contribution in [1.29, 1.82) is 0 Å². The van der Waals surface area contributed by atoms with Gasteiger partial charge < -0.3 is 5.32 Å². The van der Waals surface area contributed by atoms with Crippen molar-refractivity contribution in [2.45, 2.75) is 24.7 Å². The largest absolute Gasteiger partial charge is 0.370 e. The van der Waals surface area contributed by atoms with Crippen LogP contribution in [0.5, 0.6) is 0 Å². The molecular formula is C15H18ClN3O2S. The second kappa shape index (κ2) is 7.47. The fourth-order valence-electron chi connectivity index (χ4n) is 1.82. The summed E-state index contributed by atoms with van der Waals surface area (Å²) in [4.78, 5) is 4.22. The molecule has 2 N–H and O–H groups in total. The van der Waals surface area contributed by atoms with Crippen LogP contribution in [0.25, 0.3) is 0 Å². The Labute approximate surface area is 135 Å². The molecule has 0 atom stereocenters. The van der Waals surface area contributed by atoms with Crippen molar-refractivity contribution in [1.82, 2.24) is 4.98 Å². The van der Waals surface area contributed by atoms with Gasteiger partial charge in [0.2, 0.25) is 0 Å². The molecule has 0 aliphatic heterocycles. The van der Waals surface area contributed by atoms with Gasteiger partial charge >= 0.3 is 0 Å². The van der Waals surface area contributed by atoms with Crippen LogP contribution in [-0.2, 0) is 10.0 Å². The Morgan fingerprint density at radius 2 is 1.95 bits per heavy atom. The van der Waals surface area contributed by atoms with Crippen molar-refractivity contribution < 1.29 is 8.42 Å². The summed E-state index contributed by atoms with van der Waals surface area (Å²) in [5.74, 6) is 0.717. The zero-order chi connectivity index (χ0) is 16.0. The van der Waals surface area contributed by atoms with Gasteiger partial charge in [-0.15, -0.1) is 0 Å². The first-order chi connectivity index (χ1) is 10.5. The lowest BCUT2D eigenvalue weighted by molar-refractivity contribution is 0.601. The first kappa shape index (κ1) is 16.6. The highest BCUT2D eigenvalue weighted by atomic mass is 35.5. The van der Waals surface area contributed by atoms with Gasteiger partial charge in [0, 0.05) is 6.54 Å². The van der Waals surface area contributed by atoms with Crippen LogP contribution in [0.15, 0.2) is 47.5 Å². The van der Waals surface area contributed by atoms with Crippen molar-refractivity contribution >= 4 is 33.1 Å². The number of halogens is 1. The van der Waals surface area contributed by atoms with Crippen LogP contribution in [0.2, 0.25) is 5.02 Å². The van der Waals surface area contributed by atoms with E-state index in [1.54, 1.807) is 24.3 Å². The van der Waals surface area contributed by atoms with E-state index in [9.17, 15) is 8.42 Å². The molecule has 7 heteroatoms. The highest BCUT2D eigenvalue weighted by Gasteiger charge is 2.17. The number of pyridine rings is 1. The lowest BCUT2D eigenvalue weighted by atomic mass is 10.3. The van der Waals surface area contributed by atoms with Gasteiger partial charge in [-0.05, 0) is 30.7 Å². The quantitative estimate of drug-likeness (QED) is 0.754. The molecule has 2 aromatic rings. The minimum atomic E-state index is -3.72. The van der Waals surface area contributed by atoms with E-state index in [2.05, 4.69) is 21.9 Å². The summed E-state index contributed by atoms with van der Waals surface area (Å²) in [5, 5.41) is 3.35. The van der Waals surface area contributed by atoms with Crippen molar-refractivity contribution in [2.24, 2.45) is 0 Å². The van der Waals surface area contributed by atoms with E-state index in [1.807, 2.05) is 0 Å². The van der Waals surface area contributed by atoms with E-state index >= 15 is 0 Å². The van der Waals surface area contributed by atoms with E-state index in [4.69, 9.17) is 11.6 Å². The fourth-order valence-corrected chi connectivity index (χ4v) is 3.39. The van der Waals surface area contributed by atoms with E-state index in [0.717, 1.165) is 19.4 Å². The molecule has 0 amide bonds. The molecule has 0 aliphatic carbocycles. The zero-order valence-electron chi connectivity index (χ0n) is 12.2. The van der Waals surface area contributed by atoms with E-state index in [-0.39, 0.29) is 9.92 Å². The summed E-state index contributed by atoms with van der Waals surface area (Å²) in [6.07, 6.45) is 3.63. The maximum Gasteiger partial charge on any atom is 0.263 e. The Morgan fingerprint density at radius 3 is 2.59 bits per heavy atom. The van der Waals surface area contributed by atoms with Crippen LogP contribution in [0.3, 0.4) is 0 Å². The molecule has 0 bridgehead atoms. The Balaban J connectivity index is 2.09. The number of hydrogen-bond donors (Lipinski definition) is 2. The SMILES string of the molecule is CCCCNc1ccc(NS(=O)(=O)c2ccccc2Cl)cn1. The molecule has 0 unspecified atom stereocenters. The number of aromatic nitrogens is 1. The van der Waals surface area contributed by atoms with Gasteiger partial charge in [0.25, 0.3) is 10.0 Å². The van der Waals surface area contributed by atoms with Gasteiger partial charge in [-0.1, -0.05) is 37.1 Å². The number of sulfonamides is 1. The summed E-state index contributed by atoms with van der Waals surface area (Å²) < 4.78 is 27.0. The molecule has 5 nitrogen and oxygen atoms in total. The molecule has 22 heavy (non-hydrogen) atoms. The first-order valence-corrected chi connectivity index (χ1v) is 8.86. The summed E-state index contributed by atoms with van der Waals surface area (Å²) in [6.45, 7) is 2.95. The summed E-state index contributed by atoms with van der Waals surface area (Å²) in [6, 6.07) is 9.70. The minimum absolute atomic E-state index is 0.0433. The minimum Gasteiger partial charge on any atom is -0.370 e. The predicted octanol–water partition coefficient (Wildman–Crippen LogP) is 3.75. The molecule has 1 heterocycles. The van der Waals surface area contributed by atoms with Crippen LogP contribution >= 0.6 is 11.6 Å². The van der Waals surface area contributed by atoms with Crippen LogP contribution in [0.1, 0.15) is 19.8 Å². The second-order valence-corrected chi connectivity index (χ2v) is 6.81. The number of nitrogens with zero attached hydrogens (tertiary/aromatic N) is 1. The molecule has 0 saturated carbocycles. The third-order valence-electron chi connectivity index (χ3n) is 2.98. The molecule has 0 saturated heterocycles. The monoisotopic (exact) mass is 339 g/mol. The second-order valence-electron chi connectivity index (χ2n) is 4.75. The Morgan fingerprint density at radius 1 is 1.18 bits per heavy atom. The van der Waals surface area contributed by atoms with Crippen molar-refractivity contribution in [3.63, 3.8) is 0 Å². The Bertz CT molecular complexity index is 718. The van der Waals surface area contributed by atoms with Crippen LogP contribution in [0.4, 0.5) is 11.5 Å². The van der Waals surface area contributed by atoms with Crippen LogP contribution < -0.4 is 10.0 Å². The normalized spacial score (nSPS) is 11.2. The van der Waals surface area contributed by atoms with Crippen LogP contribution in [-0.4, -0.2) is 19.9 Å².